The van der Waals surface area contributed by atoms with Crippen molar-refractivity contribution in [2.45, 2.75) is 19.8 Å². The van der Waals surface area contributed by atoms with Crippen molar-refractivity contribution in [3.05, 3.63) is 12.1 Å². The molecule has 0 amide bonds. The molecule has 16 heavy (non-hydrogen) atoms. The molecule has 0 aromatic carbocycles. The third-order valence-electron chi connectivity index (χ3n) is 2.95. The van der Waals surface area contributed by atoms with Gasteiger partial charge in [-0.25, -0.2) is 0 Å². The first-order valence-corrected chi connectivity index (χ1v) is 5.80. The zero-order valence-electron chi connectivity index (χ0n) is 9.94. The second-order valence-electron chi connectivity index (χ2n) is 4.25. The summed E-state index contributed by atoms with van der Waals surface area (Å²) in [5.41, 5.74) is 6.68. The lowest BCUT2D eigenvalue weighted by atomic mass is 10.3. The van der Waals surface area contributed by atoms with Gasteiger partial charge >= 0.3 is 0 Å². The fourth-order valence-electron chi connectivity index (χ4n) is 1.79. The number of rotatable bonds is 5. The van der Waals surface area contributed by atoms with Crippen LogP contribution in [-0.2, 0) is 0 Å². The van der Waals surface area contributed by atoms with Crippen LogP contribution >= 0.6 is 0 Å². The highest BCUT2D eigenvalue weighted by molar-refractivity contribution is 5.63. The Bertz CT molecular complexity index is 363. The summed E-state index contributed by atoms with van der Waals surface area (Å²) in [4.78, 5) is 6.65. The molecule has 1 saturated carbocycles. The number of aromatic nitrogens is 1. The van der Waals surface area contributed by atoms with Crippen molar-refractivity contribution in [3.63, 3.8) is 0 Å². The van der Waals surface area contributed by atoms with Crippen LogP contribution in [0.4, 0.5) is 11.5 Å². The van der Waals surface area contributed by atoms with Crippen molar-refractivity contribution in [1.82, 2.24) is 4.98 Å². The average molecular weight is 221 g/mol. The van der Waals surface area contributed by atoms with Gasteiger partial charge in [-0.15, -0.1) is 0 Å². The van der Waals surface area contributed by atoms with Crippen LogP contribution < -0.4 is 15.4 Å². The Hall–Kier alpha value is -1.45. The fraction of sp³-hybridized carbons (Fsp3) is 0.583. The van der Waals surface area contributed by atoms with Gasteiger partial charge in [-0.2, -0.15) is 4.98 Å². The number of anilines is 2. The summed E-state index contributed by atoms with van der Waals surface area (Å²) in [7, 11) is 1.62. The molecule has 88 valence electrons. The van der Waals surface area contributed by atoms with Crippen molar-refractivity contribution < 1.29 is 4.74 Å². The lowest BCUT2D eigenvalue weighted by Crippen LogP contribution is -2.27. The van der Waals surface area contributed by atoms with Gasteiger partial charge in [-0.05, 0) is 31.7 Å². The number of hydrogen-bond donors (Lipinski definition) is 1. The summed E-state index contributed by atoms with van der Waals surface area (Å²) in [6.07, 6.45) is 2.67. The summed E-state index contributed by atoms with van der Waals surface area (Å²) in [5.74, 6) is 2.31. The normalized spacial score (nSPS) is 14.9. The quantitative estimate of drug-likeness (QED) is 0.825. The number of nitrogens with two attached hydrogens (primary N) is 1. The molecule has 1 aromatic rings. The van der Waals surface area contributed by atoms with Crippen LogP contribution in [0.25, 0.3) is 0 Å². The molecule has 0 unspecified atom stereocenters. The van der Waals surface area contributed by atoms with Crippen LogP contribution in [-0.4, -0.2) is 25.2 Å². The maximum absolute atomic E-state index is 5.96. The lowest BCUT2D eigenvalue weighted by molar-refractivity contribution is 0.398. The molecule has 4 nitrogen and oxygen atoms in total. The maximum Gasteiger partial charge on any atom is 0.215 e. The first-order chi connectivity index (χ1) is 7.74. The minimum absolute atomic E-state index is 0.624. The molecule has 0 bridgehead atoms. The van der Waals surface area contributed by atoms with E-state index in [0.29, 0.717) is 5.88 Å². The zero-order valence-corrected chi connectivity index (χ0v) is 9.94. The maximum atomic E-state index is 5.96. The molecule has 1 heterocycles. The number of nitrogens with zero attached hydrogens (tertiary/aromatic N) is 2. The molecule has 2 N–H and O–H groups in total. The van der Waals surface area contributed by atoms with E-state index >= 15 is 0 Å². The molecule has 1 fully saturated rings. The smallest absolute Gasteiger partial charge is 0.215 e. The predicted octanol–water partition coefficient (Wildman–Crippen LogP) is 1.91. The molecule has 0 atom stereocenters. The van der Waals surface area contributed by atoms with E-state index in [2.05, 4.69) is 16.8 Å². The second kappa shape index (κ2) is 4.60. The Labute approximate surface area is 96.4 Å². The highest BCUT2D eigenvalue weighted by atomic mass is 16.5. The van der Waals surface area contributed by atoms with Gasteiger partial charge in [0, 0.05) is 19.2 Å². The van der Waals surface area contributed by atoms with E-state index in [-0.39, 0.29) is 0 Å². The molecule has 0 aliphatic heterocycles. The van der Waals surface area contributed by atoms with E-state index in [1.807, 2.05) is 6.07 Å². The van der Waals surface area contributed by atoms with Gasteiger partial charge < -0.3 is 15.4 Å². The summed E-state index contributed by atoms with van der Waals surface area (Å²) >= 11 is 0. The number of pyridine rings is 1. The van der Waals surface area contributed by atoms with Gasteiger partial charge in [0.05, 0.1) is 12.8 Å². The van der Waals surface area contributed by atoms with E-state index in [0.717, 1.165) is 30.5 Å². The SMILES string of the molecule is CCN(CC1CC1)c1nc(OC)ccc1N. The highest BCUT2D eigenvalue weighted by Gasteiger charge is 2.25. The average Bonchev–Trinajstić information content (AvgIpc) is 3.11. The molecule has 0 radical (unpaired) electrons. The van der Waals surface area contributed by atoms with Crippen molar-refractivity contribution in [2.75, 3.05) is 30.8 Å². The minimum Gasteiger partial charge on any atom is -0.481 e. The Morgan fingerprint density at radius 2 is 2.25 bits per heavy atom. The van der Waals surface area contributed by atoms with Crippen molar-refractivity contribution >= 4 is 11.5 Å². The standard InChI is InChI=1S/C12H19N3O/c1-3-15(8-9-4-5-9)12-10(13)6-7-11(14-12)16-2/h6-7,9H,3-5,8,13H2,1-2H3. The van der Waals surface area contributed by atoms with Crippen molar-refractivity contribution in [3.8, 4) is 5.88 Å². The van der Waals surface area contributed by atoms with Crippen LogP contribution in [0, 0.1) is 5.92 Å². The Morgan fingerprint density at radius 3 is 2.81 bits per heavy atom. The van der Waals surface area contributed by atoms with Crippen LogP contribution in [0.5, 0.6) is 5.88 Å². The fourth-order valence-corrected chi connectivity index (χ4v) is 1.79. The number of ether oxygens (including phenoxy) is 1. The van der Waals surface area contributed by atoms with E-state index in [1.165, 1.54) is 12.8 Å². The Kier molecular flexibility index (Phi) is 3.17. The summed E-state index contributed by atoms with van der Waals surface area (Å²) in [6.45, 7) is 4.12. The number of nitrogen functional groups attached to an aromatic ring is 1. The van der Waals surface area contributed by atoms with E-state index < -0.39 is 0 Å². The first-order valence-electron chi connectivity index (χ1n) is 5.80. The molecule has 1 aromatic heterocycles. The first kappa shape index (κ1) is 11.0. The Morgan fingerprint density at radius 1 is 1.50 bits per heavy atom. The van der Waals surface area contributed by atoms with Gasteiger partial charge in [0.15, 0.2) is 5.82 Å². The van der Waals surface area contributed by atoms with Crippen molar-refractivity contribution in [1.29, 1.82) is 0 Å². The predicted molar refractivity (Wildman–Crippen MR) is 65.8 cm³/mol. The Balaban J connectivity index is 2.20. The molecular weight excluding hydrogens is 202 g/mol. The van der Waals surface area contributed by atoms with E-state index in [4.69, 9.17) is 10.5 Å². The van der Waals surface area contributed by atoms with Gasteiger partial charge in [-0.3, -0.25) is 0 Å². The van der Waals surface area contributed by atoms with Crippen LogP contribution in [0.3, 0.4) is 0 Å². The molecular formula is C12H19N3O. The molecule has 4 heteroatoms. The summed E-state index contributed by atoms with van der Waals surface area (Å²) in [5, 5.41) is 0. The largest absolute Gasteiger partial charge is 0.481 e. The number of methoxy groups -OCH3 is 1. The van der Waals surface area contributed by atoms with Gasteiger partial charge in [0.1, 0.15) is 0 Å². The topological polar surface area (TPSA) is 51.4 Å². The monoisotopic (exact) mass is 221 g/mol. The molecule has 0 saturated heterocycles. The molecule has 1 aliphatic rings. The van der Waals surface area contributed by atoms with Crippen molar-refractivity contribution in [2.24, 2.45) is 5.92 Å². The third kappa shape index (κ3) is 2.38. The van der Waals surface area contributed by atoms with Crippen LogP contribution in [0.2, 0.25) is 0 Å². The summed E-state index contributed by atoms with van der Waals surface area (Å²) in [6, 6.07) is 3.65. The highest BCUT2D eigenvalue weighted by Crippen LogP contribution is 2.32. The second-order valence-corrected chi connectivity index (χ2v) is 4.25. The van der Waals surface area contributed by atoms with Crippen LogP contribution in [0.15, 0.2) is 12.1 Å². The minimum atomic E-state index is 0.624. The molecule has 2 rings (SSSR count). The molecule has 0 spiro atoms. The van der Waals surface area contributed by atoms with Gasteiger partial charge in [-0.1, -0.05) is 0 Å². The molecule has 1 aliphatic carbocycles. The van der Waals surface area contributed by atoms with Gasteiger partial charge in [0.2, 0.25) is 5.88 Å². The van der Waals surface area contributed by atoms with E-state index in [1.54, 1.807) is 13.2 Å². The van der Waals surface area contributed by atoms with E-state index in [9.17, 15) is 0 Å². The summed E-state index contributed by atoms with van der Waals surface area (Å²) < 4.78 is 5.13. The van der Waals surface area contributed by atoms with Gasteiger partial charge in [0.25, 0.3) is 0 Å². The zero-order chi connectivity index (χ0) is 11.5. The van der Waals surface area contributed by atoms with Crippen LogP contribution in [0.1, 0.15) is 19.8 Å². The number of hydrogen-bond acceptors (Lipinski definition) is 4. The lowest BCUT2D eigenvalue weighted by Gasteiger charge is -2.23. The third-order valence-corrected chi connectivity index (χ3v) is 2.95.